The number of carbonyl (C=O) groups excluding carboxylic acids is 2. The van der Waals surface area contributed by atoms with E-state index >= 15 is 0 Å². The minimum Gasteiger partial charge on any atom is -0.275 e. The van der Waals surface area contributed by atoms with Crippen molar-refractivity contribution in [3.63, 3.8) is 0 Å². The number of thioether (sulfide) groups is 1. The lowest BCUT2D eigenvalue weighted by atomic mass is 10.6. The summed E-state index contributed by atoms with van der Waals surface area (Å²) in [6.45, 7) is 0. The molecule has 0 aromatic heterocycles. The predicted molar refractivity (Wildman–Crippen MR) is 30.1 cm³/mol. The number of rotatable bonds is 0. The first-order valence-corrected chi connectivity index (χ1v) is 2.91. The molecular weight excluding hydrogens is 126 g/mol. The van der Waals surface area contributed by atoms with E-state index in [1.165, 1.54) is 12.8 Å². The Morgan fingerprint density at radius 3 is 2.38 bits per heavy atom. The number of hydrogen-bond donors (Lipinski definition) is 0. The fraction of sp³-hybridized carbons (Fsp3) is 0.250. The Labute approximate surface area is 51.0 Å². The van der Waals surface area contributed by atoms with Crippen LogP contribution in [0.4, 0.5) is 4.79 Å². The highest BCUT2D eigenvalue weighted by atomic mass is 32.2. The summed E-state index contributed by atoms with van der Waals surface area (Å²) >= 11 is 0.926. The Kier molecular flexibility index (Phi) is 1.25. The van der Waals surface area contributed by atoms with E-state index in [2.05, 4.69) is 0 Å². The van der Waals surface area contributed by atoms with Gasteiger partial charge in [-0.05, 0) is 11.8 Å². The van der Waals surface area contributed by atoms with E-state index in [1.54, 1.807) is 0 Å². The number of nitrogens with zero attached hydrogens (tertiary/aromatic N) is 1. The number of imide groups is 1. The van der Waals surface area contributed by atoms with Gasteiger partial charge in [0.05, 0.1) is 0 Å². The molecule has 0 atom stereocenters. The molecule has 0 saturated carbocycles. The first-order chi connectivity index (χ1) is 3.72. The van der Waals surface area contributed by atoms with E-state index in [0.29, 0.717) is 0 Å². The van der Waals surface area contributed by atoms with Gasteiger partial charge in [-0.2, -0.15) is 0 Å². The summed E-state index contributed by atoms with van der Waals surface area (Å²) in [6.07, 6.45) is 0. The summed E-state index contributed by atoms with van der Waals surface area (Å²) in [7, 11) is 1.46. The van der Waals surface area contributed by atoms with Crippen molar-refractivity contribution in [3.8, 4) is 0 Å². The maximum absolute atomic E-state index is 10.4. The minimum absolute atomic E-state index is 0.199. The largest absolute Gasteiger partial charge is 0.288 e. The molecule has 3 nitrogen and oxygen atoms in total. The Bertz CT molecular complexity index is 129. The molecule has 43 valence electrons. The van der Waals surface area contributed by atoms with Crippen molar-refractivity contribution >= 4 is 22.9 Å². The van der Waals surface area contributed by atoms with Crippen LogP contribution in [0.2, 0.25) is 0 Å². The van der Waals surface area contributed by atoms with E-state index in [4.69, 9.17) is 0 Å². The van der Waals surface area contributed by atoms with Crippen LogP contribution >= 0.6 is 11.8 Å². The zero-order valence-corrected chi connectivity index (χ0v) is 5.07. The van der Waals surface area contributed by atoms with Crippen LogP contribution in [0, 0.1) is 5.75 Å². The normalized spacial score (nSPS) is 20.4. The first kappa shape index (κ1) is 5.62. The fourth-order valence-corrected chi connectivity index (χ4v) is 0.957. The van der Waals surface area contributed by atoms with Crippen molar-refractivity contribution in [2.45, 2.75) is 0 Å². The predicted octanol–water partition coefficient (Wildman–Crippen LogP) is 0.473. The molecule has 1 aliphatic rings. The van der Waals surface area contributed by atoms with Crippen LogP contribution in [0.15, 0.2) is 0 Å². The second kappa shape index (κ2) is 1.78. The molecular formula is C4H4NO2S. The summed E-state index contributed by atoms with van der Waals surface area (Å²) in [5.41, 5.74) is 0. The van der Waals surface area contributed by atoms with Gasteiger partial charge in [-0.1, -0.05) is 0 Å². The lowest BCUT2D eigenvalue weighted by Gasteiger charge is -1.99. The molecule has 0 aliphatic carbocycles. The van der Waals surface area contributed by atoms with Gasteiger partial charge in [-0.3, -0.25) is 14.5 Å². The third kappa shape index (κ3) is 0.709. The molecule has 4 heteroatoms. The standard InChI is InChI=1S/C4H4NO2S/c1-5-3(6)2-8-4(5)7/h2H,1H3. The Morgan fingerprint density at radius 2 is 2.25 bits per heavy atom. The number of carbonyl (C=O) groups is 2. The highest BCUT2D eigenvalue weighted by molar-refractivity contribution is 8.16. The van der Waals surface area contributed by atoms with Crippen LogP contribution in [-0.2, 0) is 4.79 Å². The van der Waals surface area contributed by atoms with E-state index in [9.17, 15) is 9.59 Å². The van der Waals surface area contributed by atoms with E-state index in [1.807, 2.05) is 0 Å². The highest BCUT2D eigenvalue weighted by Gasteiger charge is 2.25. The Morgan fingerprint density at radius 1 is 1.62 bits per heavy atom. The molecule has 0 bridgehead atoms. The molecule has 1 heterocycles. The van der Waals surface area contributed by atoms with E-state index in [-0.39, 0.29) is 11.1 Å². The monoisotopic (exact) mass is 130 g/mol. The van der Waals surface area contributed by atoms with Crippen molar-refractivity contribution in [1.82, 2.24) is 4.90 Å². The van der Waals surface area contributed by atoms with Crippen LogP contribution in [0.1, 0.15) is 0 Å². The zero-order valence-electron chi connectivity index (χ0n) is 4.25. The van der Waals surface area contributed by atoms with Gasteiger partial charge in [-0.15, -0.1) is 0 Å². The first-order valence-electron chi connectivity index (χ1n) is 2.03. The third-order valence-corrected chi connectivity index (χ3v) is 1.66. The molecule has 0 spiro atoms. The molecule has 1 rings (SSSR count). The smallest absolute Gasteiger partial charge is 0.275 e. The van der Waals surface area contributed by atoms with Crippen molar-refractivity contribution in [3.05, 3.63) is 5.75 Å². The van der Waals surface area contributed by atoms with Crippen LogP contribution in [0.25, 0.3) is 0 Å². The molecule has 8 heavy (non-hydrogen) atoms. The van der Waals surface area contributed by atoms with Gasteiger partial charge < -0.3 is 0 Å². The maximum Gasteiger partial charge on any atom is 0.288 e. The van der Waals surface area contributed by atoms with Crippen molar-refractivity contribution in [2.75, 3.05) is 7.05 Å². The van der Waals surface area contributed by atoms with Crippen LogP contribution < -0.4 is 0 Å². The maximum atomic E-state index is 10.4. The van der Waals surface area contributed by atoms with Gasteiger partial charge in [0.15, 0.2) is 0 Å². The van der Waals surface area contributed by atoms with Gasteiger partial charge in [0.25, 0.3) is 5.24 Å². The SMILES string of the molecule is CN1C(=O)[CH]SC1=O. The summed E-state index contributed by atoms with van der Waals surface area (Å²) in [5.74, 6) is 1.07. The Hall–Kier alpha value is -0.510. The molecule has 1 fully saturated rings. The van der Waals surface area contributed by atoms with Gasteiger partial charge in [0.2, 0.25) is 5.91 Å². The number of amides is 2. The second-order valence-corrected chi connectivity index (χ2v) is 2.22. The van der Waals surface area contributed by atoms with Gasteiger partial charge in [0, 0.05) is 7.05 Å². The van der Waals surface area contributed by atoms with Gasteiger partial charge in [-0.25, -0.2) is 0 Å². The topological polar surface area (TPSA) is 37.4 Å². The summed E-state index contributed by atoms with van der Waals surface area (Å²) in [6, 6.07) is 0. The van der Waals surface area contributed by atoms with Crippen LogP contribution in [-0.4, -0.2) is 23.1 Å². The Balaban J connectivity index is 2.70. The fourth-order valence-electron chi connectivity index (χ4n) is 0.349. The second-order valence-electron chi connectivity index (χ2n) is 1.40. The van der Waals surface area contributed by atoms with Crippen LogP contribution in [0.5, 0.6) is 0 Å². The molecule has 0 aromatic rings. The van der Waals surface area contributed by atoms with Gasteiger partial charge in [0.1, 0.15) is 5.75 Å². The van der Waals surface area contributed by atoms with Crippen LogP contribution in [0.3, 0.4) is 0 Å². The highest BCUT2D eigenvalue weighted by Crippen LogP contribution is 2.20. The molecule has 2 amide bonds. The summed E-state index contributed by atoms with van der Waals surface area (Å²) in [4.78, 5) is 21.9. The lowest BCUT2D eigenvalue weighted by Crippen LogP contribution is -2.21. The van der Waals surface area contributed by atoms with Crippen molar-refractivity contribution < 1.29 is 9.59 Å². The average Bonchev–Trinajstić information content (AvgIpc) is 1.98. The molecule has 0 N–H and O–H groups in total. The minimum atomic E-state index is -0.222. The number of hydrogen-bond acceptors (Lipinski definition) is 3. The summed E-state index contributed by atoms with van der Waals surface area (Å²) in [5, 5.41) is -0.199. The zero-order chi connectivity index (χ0) is 6.15. The van der Waals surface area contributed by atoms with Crippen molar-refractivity contribution in [1.29, 1.82) is 0 Å². The summed E-state index contributed by atoms with van der Waals surface area (Å²) < 4.78 is 0. The molecule has 1 saturated heterocycles. The average molecular weight is 130 g/mol. The molecule has 0 unspecified atom stereocenters. The molecule has 0 aromatic carbocycles. The van der Waals surface area contributed by atoms with E-state index in [0.717, 1.165) is 16.7 Å². The van der Waals surface area contributed by atoms with E-state index < -0.39 is 0 Å². The quantitative estimate of drug-likeness (QED) is 0.478. The third-order valence-electron chi connectivity index (χ3n) is 0.865. The molecule has 1 radical (unpaired) electrons. The van der Waals surface area contributed by atoms with Gasteiger partial charge >= 0.3 is 0 Å². The van der Waals surface area contributed by atoms with Crippen molar-refractivity contribution in [2.24, 2.45) is 0 Å². The lowest BCUT2D eigenvalue weighted by molar-refractivity contribution is -0.122. The molecule has 1 aliphatic heterocycles.